The first-order valence-corrected chi connectivity index (χ1v) is 7.36. The van der Waals surface area contributed by atoms with Gasteiger partial charge < -0.3 is 10.1 Å². The lowest BCUT2D eigenvalue weighted by Crippen LogP contribution is -1.94. The lowest BCUT2D eigenvalue weighted by molar-refractivity contribution is 0.417. The Morgan fingerprint density at radius 2 is 1.91 bits per heavy atom. The van der Waals surface area contributed by atoms with Crippen LogP contribution in [0.3, 0.4) is 0 Å². The van der Waals surface area contributed by atoms with E-state index in [1.807, 2.05) is 24.3 Å². The van der Waals surface area contributed by atoms with Crippen LogP contribution in [-0.2, 0) is 0 Å². The number of thiazole rings is 1. The van der Waals surface area contributed by atoms with Crippen LogP contribution in [0.15, 0.2) is 47.8 Å². The van der Waals surface area contributed by atoms with Gasteiger partial charge in [-0.25, -0.2) is 13.8 Å². The molecule has 3 rings (SSSR count). The zero-order valence-electron chi connectivity index (χ0n) is 11.6. The molecular weight excluding hydrogens is 306 g/mol. The second-order valence-electron chi connectivity index (χ2n) is 4.49. The number of hydrogen-bond donors (Lipinski definition) is 1. The highest BCUT2D eigenvalue weighted by molar-refractivity contribution is 7.14. The van der Waals surface area contributed by atoms with Crippen molar-refractivity contribution in [1.29, 1.82) is 0 Å². The average Bonchev–Trinajstić information content (AvgIpc) is 2.99. The standard InChI is InChI=1S/C16H12F2N2OS/c1-21-15-5-3-2-4-13(15)19-16-20-14(9-22-16)10-6-7-11(17)12(18)8-10/h2-9H,1H3,(H,19,20). The topological polar surface area (TPSA) is 34.1 Å². The third kappa shape index (κ3) is 2.92. The van der Waals surface area contributed by atoms with Gasteiger partial charge in [-0.1, -0.05) is 12.1 Å². The average molecular weight is 318 g/mol. The van der Waals surface area contributed by atoms with E-state index in [1.54, 1.807) is 12.5 Å². The Labute approximate surface area is 130 Å². The number of benzene rings is 2. The maximum absolute atomic E-state index is 13.3. The quantitative estimate of drug-likeness (QED) is 0.747. The molecule has 3 nitrogen and oxygen atoms in total. The van der Waals surface area contributed by atoms with E-state index in [0.29, 0.717) is 22.1 Å². The maximum Gasteiger partial charge on any atom is 0.187 e. The van der Waals surface area contributed by atoms with Crippen LogP contribution in [-0.4, -0.2) is 12.1 Å². The van der Waals surface area contributed by atoms with Gasteiger partial charge in [0.25, 0.3) is 0 Å². The van der Waals surface area contributed by atoms with Crippen molar-refractivity contribution >= 4 is 22.2 Å². The molecule has 0 fully saturated rings. The Morgan fingerprint density at radius 1 is 1.09 bits per heavy atom. The van der Waals surface area contributed by atoms with Gasteiger partial charge in [0.2, 0.25) is 0 Å². The number of para-hydroxylation sites is 2. The van der Waals surface area contributed by atoms with Gasteiger partial charge in [0.05, 0.1) is 18.5 Å². The molecule has 0 saturated heterocycles. The van der Waals surface area contributed by atoms with Gasteiger partial charge in [-0.15, -0.1) is 11.3 Å². The van der Waals surface area contributed by atoms with Gasteiger partial charge >= 0.3 is 0 Å². The molecule has 2 aromatic carbocycles. The number of rotatable bonds is 4. The van der Waals surface area contributed by atoms with Crippen molar-refractivity contribution < 1.29 is 13.5 Å². The van der Waals surface area contributed by atoms with Gasteiger partial charge in [-0.3, -0.25) is 0 Å². The molecule has 0 atom stereocenters. The predicted octanol–water partition coefficient (Wildman–Crippen LogP) is 4.84. The molecule has 0 saturated carbocycles. The number of methoxy groups -OCH3 is 1. The first-order chi connectivity index (χ1) is 10.7. The fourth-order valence-corrected chi connectivity index (χ4v) is 2.71. The SMILES string of the molecule is COc1ccccc1Nc1nc(-c2ccc(F)c(F)c2)cs1. The van der Waals surface area contributed by atoms with Crippen LogP contribution < -0.4 is 10.1 Å². The van der Waals surface area contributed by atoms with Gasteiger partial charge in [-0.2, -0.15) is 0 Å². The van der Waals surface area contributed by atoms with Crippen LogP contribution in [0.5, 0.6) is 5.75 Å². The monoisotopic (exact) mass is 318 g/mol. The van der Waals surface area contributed by atoms with E-state index >= 15 is 0 Å². The summed E-state index contributed by atoms with van der Waals surface area (Å²) in [6.45, 7) is 0. The molecule has 1 N–H and O–H groups in total. The summed E-state index contributed by atoms with van der Waals surface area (Å²) in [5.74, 6) is -1.05. The summed E-state index contributed by atoms with van der Waals surface area (Å²) in [5, 5.41) is 5.58. The van der Waals surface area contributed by atoms with E-state index < -0.39 is 11.6 Å². The minimum absolute atomic E-state index is 0.531. The first-order valence-electron chi connectivity index (χ1n) is 6.48. The van der Waals surface area contributed by atoms with Gasteiger partial charge in [0.15, 0.2) is 16.8 Å². The maximum atomic E-state index is 13.3. The normalized spacial score (nSPS) is 10.5. The largest absolute Gasteiger partial charge is 0.495 e. The predicted molar refractivity (Wildman–Crippen MR) is 83.7 cm³/mol. The Kier molecular flexibility index (Phi) is 4.02. The van der Waals surface area contributed by atoms with E-state index in [0.717, 1.165) is 17.8 Å². The Balaban J connectivity index is 1.86. The smallest absolute Gasteiger partial charge is 0.187 e. The second-order valence-corrected chi connectivity index (χ2v) is 5.35. The van der Waals surface area contributed by atoms with Gasteiger partial charge in [0, 0.05) is 10.9 Å². The molecule has 112 valence electrons. The lowest BCUT2D eigenvalue weighted by atomic mass is 10.2. The zero-order valence-corrected chi connectivity index (χ0v) is 12.5. The van der Waals surface area contributed by atoms with Gasteiger partial charge in [0.1, 0.15) is 5.75 Å². The zero-order chi connectivity index (χ0) is 15.5. The van der Waals surface area contributed by atoms with Crippen LogP contribution in [0.2, 0.25) is 0 Å². The molecule has 0 unspecified atom stereocenters. The number of nitrogens with zero attached hydrogens (tertiary/aromatic N) is 1. The highest BCUT2D eigenvalue weighted by Crippen LogP contribution is 2.31. The number of hydrogen-bond acceptors (Lipinski definition) is 4. The molecule has 0 aliphatic heterocycles. The first kappa shape index (κ1) is 14.5. The fourth-order valence-electron chi connectivity index (χ4n) is 1.98. The van der Waals surface area contributed by atoms with Crippen molar-refractivity contribution in [3.63, 3.8) is 0 Å². The van der Waals surface area contributed by atoms with E-state index in [2.05, 4.69) is 10.3 Å². The van der Waals surface area contributed by atoms with E-state index in [9.17, 15) is 8.78 Å². The highest BCUT2D eigenvalue weighted by Gasteiger charge is 2.09. The third-order valence-corrected chi connectivity index (χ3v) is 3.83. The Morgan fingerprint density at radius 3 is 2.68 bits per heavy atom. The van der Waals surface area contributed by atoms with Crippen LogP contribution in [0.4, 0.5) is 19.6 Å². The minimum Gasteiger partial charge on any atom is -0.495 e. The molecular formula is C16H12F2N2OS. The molecule has 3 aromatic rings. The molecule has 6 heteroatoms. The molecule has 0 radical (unpaired) electrons. The van der Waals surface area contributed by atoms with Crippen molar-refractivity contribution in [3.05, 3.63) is 59.5 Å². The molecule has 0 aliphatic rings. The van der Waals surface area contributed by atoms with Crippen LogP contribution >= 0.6 is 11.3 Å². The molecule has 0 bridgehead atoms. The molecule has 0 aliphatic carbocycles. The van der Waals surface area contributed by atoms with Crippen molar-refractivity contribution in [2.75, 3.05) is 12.4 Å². The molecule has 0 amide bonds. The van der Waals surface area contributed by atoms with Crippen molar-refractivity contribution in [2.45, 2.75) is 0 Å². The van der Waals surface area contributed by atoms with E-state index in [4.69, 9.17) is 4.74 Å². The van der Waals surface area contributed by atoms with Gasteiger partial charge in [-0.05, 0) is 30.3 Å². The third-order valence-electron chi connectivity index (χ3n) is 3.07. The van der Waals surface area contributed by atoms with E-state index in [-0.39, 0.29) is 0 Å². The van der Waals surface area contributed by atoms with Crippen LogP contribution in [0.1, 0.15) is 0 Å². The van der Waals surface area contributed by atoms with Crippen molar-refractivity contribution in [2.24, 2.45) is 0 Å². The van der Waals surface area contributed by atoms with Crippen molar-refractivity contribution in [3.8, 4) is 17.0 Å². The Hall–Kier alpha value is -2.47. The molecule has 22 heavy (non-hydrogen) atoms. The number of aromatic nitrogens is 1. The molecule has 1 aromatic heterocycles. The summed E-state index contributed by atoms with van der Waals surface area (Å²) in [7, 11) is 1.59. The number of anilines is 2. The number of halogens is 2. The highest BCUT2D eigenvalue weighted by atomic mass is 32.1. The summed E-state index contributed by atoms with van der Waals surface area (Å²) in [6, 6.07) is 11.2. The summed E-state index contributed by atoms with van der Waals surface area (Å²) in [4.78, 5) is 4.38. The second kappa shape index (κ2) is 6.11. The van der Waals surface area contributed by atoms with E-state index in [1.165, 1.54) is 17.4 Å². The lowest BCUT2D eigenvalue weighted by Gasteiger charge is -2.08. The minimum atomic E-state index is -0.885. The van der Waals surface area contributed by atoms with Crippen molar-refractivity contribution in [1.82, 2.24) is 4.98 Å². The fraction of sp³-hybridized carbons (Fsp3) is 0.0625. The summed E-state index contributed by atoms with van der Waals surface area (Å²) < 4.78 is 31.5. The number of nitrogens with one attached hydrogen (secondary N) is 1. The van der Waals surface area contributed by atoms with Crippen LogP contribution in [0, 0.1) is 11.6 Å². The van der Waals surface area contributed by atoms with Crippen LogP contribution in [0.25, 0.3) is 11.3 Å². The molecule has 0 spiro atoms. The summed E-state index contributed by atoms with van der Waals surface area (Å²) in [5.41, 5.74) is 1.90. The summed E-state index contributed by atoms with van der Waals surface area (Å²) in [6.07, 6.45) is 0. The summed E-state index contributed by atoms with van der Waals surface area (Å²) >= 11 is 1.37. The number of ether oxygens (including phenoxy) is 1. The molecule has 1 heterocycles. The Bertz CT molecular complexity index is 804.